The number of ether oxygens (including phenoxy) is 2. The number of hydrogen-bond acceptors (Lipinski definition) is 7. The molecule has 0 spiro atoms. The van der Waals surface area contributed by atoms with Crippen LogP contribution in [0, 0.1) is 0 Å². The zero-order chi connectivity index (χ0) is 41.4. The number of phosphoric ester groups is 1. The lowest BCUT2D eigenvalue weighted by molar-refractivity contribution is -0.870. The quantitative estimate of drug-likeness (QED) is 0.0214. The summed E-state index contributed by atoms with van der Waals surface area (Å²) in [5.41, 5.74) is 0. The van der Waals surface area contributed by atoms with Crippen LogP contribution in [0.25, 0.3) is 0 Å². The standard InChI is InChI=1S/C46H86NO8P/c1-6-8-10-12-14-16-18-20-22-23-25-26-28-30-32-34-36-38-45(48)52-42-44(43-54-56(50,51)53-41-40-47(3,4)5)55-46(49)39-37-35-33-31-29-27-24-21-19-17-15-13-11-9-7-2/h14,16-17,19-20,22,44H,6-13,15,18,21,23-43H2,1-5H3/p+1/b16-14-,19-17-,22-20-/t44-/m1/s1. The van der Waals surface area contributed by atoms with Crippen LogP contribution < -0.4 is 0 Å². The van der Waals surface area contributed by atoms with Crippen LogP contribution in [0.3, 0.4) is 0 Å². The third kappa shape index (κ3) is 41.9. The minimum atomic E-state index is -4.38. The molecule has 0 aliphatic carbocycles. The van der Waals surface area contributed by atoms with Crippen molar-refractivity contribution in [3.63, 3.8) is 0 Å². The molecule has 0 radical (unpaired) electrons. The van der Waals surface area contributed by atoms with Gasteiger partial charge in [-0.1, -0.05) is 147 Å². The summed E-state index contributed by atoms with van der Waals surface area (Å²) in [4.78, 5) is 35.4. The Morgan fingerprint density at radius 1 is 0.554 bits per heavy atom. The molecular weight excluding hydrogens is 725 g/mol. The van der Waals surface area contributed by atoms with E-state index in [9.17, 15) is 19.0 Å². The molecule has 0 aromatic rings. The largest absolute Gasteiger partial charge is 0.472 e. The zero-order valence-corrected chi connectivity index (χ0v) is 37.8. The molecule has 10 heteroatoms. The molecule has 0 amide bonds. The van der Waals surface area contributed by atoms with Gasteiger partial charge in [-0.25, -0.2) is 4.57 Å². The molecule has 0 saturated carbocycles. The van der Waals surface area contributed by atoms with Gasteiger partial charge in [0.05, 0.1) is 27.7 Å². The van der Waals surface area contributed by atoms with Crippen molar-refractivity contribution in [3.05, 3.63) is 36.5 Å². The van der Waals surface area contributed by atoms with Crippen molar-refractivity contribution in [3.8, 4) is 0 Å². The smallest absolute Gasteiger partial charge is 0.462 e. The lowest BCUT2D eigenvalue weighted by Gasteiger charge is -2.24. The van der Waals surface area contributed by atoms with E-state index in [-0.39, 0.29) is 32.0 Å². The highest BCUT2D eigenvalue weighted by Gasteiger charge is 2.27. The van der Waals surface area contributed by atoms with E-state index in [4.69, 9.17) is 18.5 Å². The van der Waals surface area contributed by atoms with E-state index in [0.717, 1.165) is 64.2 Å². The molecule has 1 unspecified atom stereocenters. The number of allylic oxidation sites excluding steroid dienone is 6. The number of carbonyl (C=O) groups excluding carboxylic acids is 2. The fraction of sp³-hybridized carbons (Fsp3) is 0.826. The minimum Gasteiger partial charge on any atom is -0.462 e. The number of hydrogen-bond donors (Lipinski definition) is 1. The molecule has 0 fully saturated rings. The van der Waals surface area contributed by atoms with Gasteiger partial charge in [-0.2, -0.15) is 0 Å². The lowest BCUT2D eigenvalue weighted by Crippen LogP contribution is -2.37. The van der Waals surface area contributed by atoms with Gasteiger partial charge >= 0.3 is 19.8 Å². The number of esters is 2. The Morgan fingerprint density at radius 2 is 0.964 bits per heavy atom. The molecule has 0 aliphatic rings. The molecule has 0 aromatic heterocycles. The topological polar surface area (TPSA) is 108 Å². The molecule has 328 valence electrons. The fourth-order valence-corrected chi connectivity index (χ4v) is 6.78. The fourth-order valence-electron chi connectivity index (χ4n) is 6.04. The van der Waals surface area contributed by atoms with Gasteiger partial charge in [-0.3, -0.25) is 18.6 Å². The molecule has 0 bridgehead atoms. The predicted octanol–water partition coefficient (Wildman–Crippen LogP) is 12.9. The third-order valence-electron chi connectivity index (χ3n) is 9.64. The first-order valence-electron chi connectivity index (χ1n) is 22.7. The summed E-state index contributed by atoms with van der Waals surface area (Å²) in [5.74, 6) is -0.811. The van der Waals surface area contributed by atoms with Gasteiger partial charge in [0.1, 0.15) is 19.8 Å². The second kappa shape index (κ2) is 38.7. The summed E-state index contributed by atoms with van der Waals surface area (Å²) in [6.07, 6.45) is 43.2. The Labute approximate surface area is 344 Å². The van der Waals surface area contributed by atoms with Crippen LogP contribution in [0.15, 0.2) is 36.5 Å². The summed E-state index contributed by atoms with van der Waals surface area (Å²) in [7, 11) is 1.47. The third-order valence-corrected chi connectivity index (χ3v) is 10.6. The number of phosphoric acid groups is 1. The van der Waals surface area contributed by atoms with E-state index < -0.39 is 26.5 Å². The summed E-state index contributed by atoms with van der Waals surface area (Å²) < 4.78 is 34.3. The summed E-state index contributed by atoms with van der Waals surface area (Å²) in [5, 5.41) is 0. The second-order valence-electron chi connectivity index (χ2n) is 16.4. The van der Waals surface area contributed by atoms with Gasteiger partial charge in [0.15, 0.2) is 6.10 Å². The molecule has 56 heavy (non-hydrogen) atoms. The molecule has 2 atom stereocenters. The average Bonchev–Trinajstić information content (AvgIpc) is 3.15. The van der Waals surface area contributed by atoms with Crippen molar-refractivity contribution in [2.75, 3.05) is 47.5 Å². The molecule has 0 aliphatic heterocycles. The van der Waals surface area contributed by atoms with Gasteiger partial charge in [0, 0.05) is 12.8 Å². The van der Waals surface area contributed by atoms with Crippen molar-refractivity contribution < 1.29 is 42.1 Å². The monoisotopic (exact) mass is 813 g/mol. The molecule has 0 heterocycles. The molecule has 0 rings (SSSR count). The van der Waals surface area contributed by atoms with Crippen molar-refractivity contribution in [1.29, 1.82) is 0 Å². The summed E-state index contributed by atoms with van der Waals surface area (Å²) >= 11 is 0. The highest BCUT2D eigenvalue weighted by molar-refractivity contribution is 7.47. The van der Waals surface area contributed by atoms with E-state index in [1.165, 1.54) is 96.3 Å². The number of nitrogens with zero attached hydrogens (tertiary/aromatic N) is 1. The molecule has 0 aromatic carbocycles. The van der Waals surface area contributed by atoms with Crippen LogP contribution in [-0.4, -0.2) is 74.9 Å². The Bertz CT molecular complexity index is 1050. The minimum absolute atomic E-state index is 0.0294. The van der Waals surface area contributed by atoms with Crippen LogP contribution >= 0.6 is 7.82 Å². The summed E-state index contributed by atoms with van der Waals surface area (Å²) in [6, 6.07) is 0. The van der Waals surface area contributed by atoms with Crippen molar-refractivity contribution >= 4 is 19.8 Å². The Balaban J connectivity index is 4.35. The Morgan fingerprint density at radius 3 is 1.46 bits per heavy atom. The van der Waals surface area contributed by atoms with Gasteiger partial charge in [-0.05, 0) is 70.6 Å². The second-order valence-corrected chi connectivity index (χ2v) is 17.9. The van der Waals surface area contributed by atoms with Gasteiger partial charge in [0.25, 0.3) is 0 Å². The maximum atomic E-state index is 12.7. The van der Waals surface area contributed by atoms with E-state index in [2.05, 4.69) is 50.3 Å². The molecule has 9 nitrogen and oxygen atoms in total. The van der Waals surface area contributed by atoms with Gasteiger partial charge < -0.3 is 18.9 Å². The lowest BCUT2D eigenvalue weighted by atomic mass is 10.1. The highest BCUT2D eigenvalue weighted by atomic mass is 31.2. The van der Waals surface area contributed by atoms with Crippen LogP contribution in [0.4, 0.5) is 0 Å². The first-order chi connectivity index (χ1) is 27.0. The molecule has 1 N–H and O–H groups in total. The van der Waals surface area contributed by atoms with Crippen molar-refractivity contribution in [2.45, 2.75) is 200 Å². The van der Waals surface area contributed by atoms with Crippen LogP contribution in [0.5, 0.6) is 0 Å². The Kier molecular flexibility index (Phi) is 37.5. The molecule has 0 saturated heterocycles. The van der Waals surface area contributed by atoms with E-state index in [0.29, 0.717) is 17.4 Å². The van der Waals surface area contributed by atoms with Crippen molar-refractivity contribution in [1.82, 2.24) is 0 Å². The Hall–Kier alpha value is -1.77. The molecular formula is C46H87NO8P+. The maximum Gasteiger partial charge on any atom is 0.472 e. The number of unbranched alkanes of at least 4 members (excludes halogenated alkanes) is 21. The van der Waals surface area contributed by atoms with Gasteiger partial charge in [0.2, 0.25) is 0 Å². The average molecular weight is 813 g/mol. The number of rotatable bonds is 41. The van der Waals surface area contributed by atoms with Crippen molar-refractivity contribution in [2.24, 2.45) is 0 Å². The van der Waals surface area contributed by atoms with Crippen LogP contribution in [-0.2, 0) is 32.7 Å². The summed E-state index contributed by atoms with van der Waals surface area (Å²) in [6.45, 7) is 4.38. The van der Waals surface area contributed by atoms with Crippen LogP contribution in [0.1, 0.15) is 194 Å². The number of quaternary nitrogens is 1. The van der Waals surface area contributed by atoms with Crippen LogP contribution in [0.2, 0.25) is 0 Å². The predicted molar refractivity (Wildman–Crippen MR) is 234 cm³/mol. The number of carbonyl (C=O) groups is 2. The zero-order valence-electron chi connectivity index (χ0n) is 36.9. The normalized spacial score (nSPS) is 13.9. The highest BCUT2D eigenvalue weighted by Crippen LogP contribution is 2.43. The maximum absolute atomic E-state index is 12.7. The van der Waals surface area contributed by atoms with E-state index in [1.54, 1.807) is 0 Å². The van der Waals surface area contributed by atoms with E-state index >= 15 is 0 Å². The SMILES string of the molecule is CCCCC/C=C\C/C=C\CCCCCCCCCC(=O)OC[C@H](COP(=O)(O)OCC[N+](C)(C)C)OC(=O)CCCCCCCCC/C=C\CCCCCC. The number of likely N-dealkylation sites (N-methyl/N-ethyl adjacent to an activating group) is 1. The first kappa shape index (κ1) is 54.2. The van der Waals surface area contributed by atoms with E-state index in [1.807, 2.05) is 21.1 Å². The first-order valence-corrected chi connectivity index (χ1v) is 24.2. The van der Waals surface area contributed by atoms with Gasteiger partial charge in [-0.15, -0.1) is 0 Å².